The third-order valence-corrected chi connectivity index (χ3v) is 10.8. The van der Waals surface area contributed by atoms with Gasteiger partial charge in [-0.1, -0.05) is 28.9 Å². The highest BCUT2D eigenvalue weighted by molar-refractivity contribution is 5.72. The van der Waals surface area contributed by atoms with Crippen molar-refractivity contribution >= 4 is 6.21 Å². The lowest BCUT2D eigenvalue weighted by atomic mass is 9.84. The minimum Gasteiger partial charge on any atom is -0.394 e. The second kappa shape index (κ2) is 22.0. The zero-order valence-corrected chi connectivity index (χ0v) is 32.8. The fourth-order valence-electron chi connectivity index (χ4n) is 7.27. The predicted molar refractivity (Wildman–Crippen MR) is 203 cm³/mol. The minimum absolute atomic E-state index is 0.0436. The molecule has 0 aromatic carbocycles. The topological polar surface area (TPSA) is 308 Å². The van der Waals surface area contributed by atoms with Crippen LogP contribution in [0, 0.1) is 0 Å². The Morgan fingerprint density at radius 3 is 1.96 bits per heavy atom. The van der Waals surface area contributed by atoms with E-state index >= 15 is 0 Å². The maximum Gasteiger partial charge on any atom is 0.187 e. The Labute approximate surface area is 328 Å². The first-order valence-electron chi connectivity index (χ1n) is 19.5. The van der Waals surface area contributed by atoms with E-state index in [1.54, 1.807) is 6.21 Å². The number of hydrogen-bond acceptors (Lipinski definition) is 18. The summed E-state index contributed by atoms with van der Waals surface area (Å²) in [6.45, 7) is 7.03. The molecule has 3 saturated heterocycles. The van der Waals surface area contributed by atoms with Gasteiger partial charge in [0, 0.05) is 24.7 Å². The van der Waals surface area contributed by atoms with E-state index in [2.05, 4.69) is 37.9 Å². The molecular formula is C38H66N4O14. The summed E-state index contributed by atoms with van der Waals surface area (Å²) >= 11 is 0. The smallest absolute Gasteiger partial charge is 0.187 e. The molecule has 4 aliphatic rings. The van der Waals surface area contributed by atoms with Crippen LogP contribution in [0.2, 0.25) is 0 Å². The highest BCUT2D eigenvalue weighted by atomic mass is 16.8. The summed E-state index contributed by atoms with van der Waals surface area (Å²) in [5.41, 5.74) is 22.5. The third kappa shape index (κ3) is 12.4. The molecule has 0 bridgehead atoms. The van der Waals surface area contributed by atoms with Gasteiger partial charge in [0.25, 0.3) is 0 Å². The van der Waals surface area contributed by atoms with Crippen LogP contribution in [-0.2, 0) is 28.4 Å². The number of allylic oxidation sites excluding steroid dienone is 6. The lowest BCUT2D eigenvalue weighted by Gasteiger charge is -2.45. The Kier molecular flexibility index (Phi) is 18.4. The maximum atomic E-state index is 11.4. The maximum absolute atomic E-state index is 11.4. The molecule has 14 N–H and O–H groups in total. The highest BCUT2D eigenvalue weighted by Gasteiger charge is 2.53. The zero-order chi connectivity index (χ0) is 41.3. The van der Waals surface area contributed by atoms with Gasteiger partial charge in [-0.05, 0) is 65.9 Å². The third-order valence-electron chi connectivity index (χ3n) is 10.8. The Morgan fingerprint density at radius 1 is 0.643 bits per heavy atom. The van der Waals surface area contributed by atoms with Crippen LogP contribution in [0.25, 0.3) is 0 Å². The van der Waals surface area contributed by atoms with E-state index < -0.39 is 123 Å². The van der Waals surface area contributed by atoms with E-state index in [-0.39, 0.29) is 19.4 Å². The van der Waals surface area contributed by atoms with Crippen molar-refractivity contribution in [3.05, 3.63) is 34.9 Å². The molecule has 322 valence electrons. The molecule has 3 heterocycles. The summed E-state index contributed by atoms with van der Waals surface area (Å²) in [4.78, 5) is 4.37. The molecule has 1 saturated carbocycles. The molecule has 18 unspecified atom stereocenters. The molecular weight excluding hydrogens is 736 g/mol. The molecule has 1 aliphatic carbocycles. The van der Waals surface area contributed by atoms with Crippen molar-refractivity contribution in [1.82, 2.24) is 0 Å². The fraction of sp³-hybridized carbons (Fsp3) is 0.816. The number of hydrogen-bond donors (Lipinski definition) is 11. The van der Waals surface area contributed by atoms with Gasteiger partial charge in [-0.25, -0.2) is 0 Å². The highest BCUT2D eigenvalue weighted by Crippen LogP contribution is 2.34. The Hall–Kier alpha value is -1.79. The van der Waals surface area contributed by atoms with Gasteiger partial charge < -0.3 is 86.5 Å². The van der Waals surface area contributed by atoms with E-state index in [0.717, 1.165) is 31.3 Å². The minimum atomic E-state index is -1.61. The van der Waals surface area contributed by atoms with Crippen molar-refractivity contribution in [2.24, 2.45) is 22.2 Å². The molecule has 18 atom stereocenters. The molecule has 0 spiro atoms. The van der Waals surface area contributed by atoms with Crippen molar-refractivity contribution < 1.29 is 69.3 Å². The van der Waals surface area contributed by atoms with Crippen molar-refractivity contribution in [2.45, 2.75) is 176 Å². The molecule has 0 aromatic rings. The zero-order valence-electron chi connectivity index (χ0n) is 32.8. The molecule has 56 heavy (non-hydrogen) atoms. The van der Waals surface area contributed by atoms with Gasteiger partial charge in [-0.2, -0.15) is 0 Å². The van der Waals surface area contributed by atoms with Gasteiger partial charge in [0.1, 0.15) is 61.0 Å². The van der Waals surface area contributed by atoms with Gasteiger partial charge in [-0.15, -0.1) is 0 Å². The van der Waals surface area contributed by atoms with Crippen molar-refractivity contribution in [1.29, 1.82) is 0 Å². The molecule has 0 aromatic heterocycles. The Balaban J connectivity index is 1.37. The van der Waals surface area contributed by atoms with Crippen LogP contribution in [0.1, 0.15) is 66.2 Å². The SMILES string of the molecule is CC(C)=CCCC(C)=CCCC(C)=CC=NCC1OC(OC2C(CO)OC(OC3C(O)C(N)CC(N)C3OC3CC(O)C(O)C(CO)O3)C2O)C(N)C(O)C1O. The summed E-state index contributed by atoms with van der Waals surface area (Å²) in [6, 6.07) is -2.96. The van der Waals surface area contributed by atoms with Crippen LogP contribution in [0.15, 0.2) is 39.9 Å². The van der Waals surface area contributed by atoms with E-state index in [4.69, 9.17) is 45.6 Å². The van der Waals surface area contributed by atoms with Crippen LogP contribution in [0.4, 0.5) is 0 Å². The number of ether oxygens (including phenoxy) is 6. The van der Waals surface area contributed by atoms with E-state index in [1.807, 2.05) is 13.0 Å². The van der Waals surface area contributed by atoms with Crippen LogP contribution in [0.3, 0.4) is 0 Å². The lowest BCUT2D eigenvalue weighted by Crippen LogP contribution is -2.65. The molecule has 0 radical (unpaired) electrons. The quantitative estimate of drug-likeness (QED) is 0.0546. The summed E-state index contributed by atoms with van der Waals surface area (Å²) < 4.78 is 35.4. The first kappa shape index (κ1) is 46.9. The van der Waals surface area contributed by atoms with Crippen LogP contribution in [0.5, 0.6) is 0 Å². The average molecular weight is 803 g/mol. The van der Waals surface area contributed by atoms with E-state index in [9.17, 15) is 40.9 Å². The number of nitrogens with zero attached hydrogens (tertiary/aromatic N) is 1. The summed E-state index contributed by atoms with van der Waals surface area (Å²) in [7, 11) is 0. The largest absolute Gasteiger partial charge is 0.394 e. The first-order valence-corrected chi connectivity index (χ1v) is 19.5. The second-order valence-electron chi connectivity index (χ2n) is 15.7. The predicted octanol–water partition coefficient (Wildman–Crippen LogP) is -2.27. The van der Waals surface area contributed by atoms with Gasteiger partial charge >= 0.3 is 0 Å². The molecule has 0 amide bonds. The van der Waals surface area contributed by atoms with E-state index in [0.29, 0.717) is 0 Å². The number of nitrogens with two attached hydrogens (primary N) is 3. The molecule has 18 nitrogen and oxygen atoms in total. The molecule has 4 fully saturated rings. The summed E-state index contributed by atoms with van der Waals surface area (Å²) in [5.74, 6) is 0. The lowest BCUT2D eigenvalue weighted by molar-refractivity contribution is -0.305. The second-order valence-corrected chi connectivity index (χ2v) is 15.7. The molecule has 4 rings (SSSR count). The fourth-order valence-corrected chi connectivity index (χ4v) is 7.27. The van der Waals surface area contributed by atoms with Gasteiger partial charge in [-0.3, -0.25) is 4.99 Å². The van der Waals surface area contributed by atoms with Gasteiger partial charge in [0.2, 0.25) is 0 Å². The van der Waals surface area contributed by atoms with Gasteiger partial charge in [0.15, 0.2) is 18.9 Å². The Morgan fingerprint density at radius 2 is 1.29 bits per heavy atom. The van der Waals surface area contributed by atoms with Crippen molar-refractivity contribution in [3.63, 3.8) is 0 Å². The first-order chi connectivity index (χ1) is 26.6. The summed E-state index contributed by atoms with van der Waals surface area (Å²) in [5, 5.41) is 84.2. The molecule has 18 heteroatoms. The monoisotopic (exact) mass is 802 g/mol. The summed E-state index contributed by atoms with van der Waals surface area (Å²) in [6.07, 6.45) is -8.06. The normalized spacial score (nSPS) is 42.7. The van der Waals surface area contributed by atoms with Crippen molar-refractivity contribution in [3.8, 4) is 0 Å². The van der Waals surface area contributed by atoms with Crippen LogP contribution >= 0.6 is 0 Å². The average Bonchev–Trinajstić information content (AvgIpc) is 3.45. The van der Waals surface area contributed by atoms with Crippen LogP contribution < -0.4 is 17.2 Å². The molecule has 3 aliphatic heterocycles. The number of aliphatic imine (C=N–C) groups is 1. The Bertz CT molecular complexity index is 1330. The van der Waals surface area contributed by atoms with Gasteiger partial charge in [0.05, 0.1) is 38.0 Å². The number of aliphatic hydroxyl groups excluding tert-OH is 8. The van der Waals surface area contributed by atoms with Crippen molar-refractivity contribution in [2.75, 3.05) is 19.8 Å². The van der Waals surface area contributed by atoms with E-state index in [1.165, 1.54) is 11.1 Å². The number of rotatable bonds is 17. The number of aliphatic hydroxyl groups is 8. The standard InChI is InChI=1S/C38H66N4O14/c1-18(2)7-5-8-19(3)9-6-10-20(4)11-12-42-15-24-31(48)32(49)28(41)37(52-24)55-35-26(17-44)53-38(33(35)50)56-36-29(46)21(39)13-22(40)34(36)54-27-14-23(45)30(47)25(16-43)51-27/h7,9,11-12,21-38,43-50H,5-6,8,10,13-17,39-41H2,1-4H3. The van der Waals surface area contributed by atoms with Crippen LogP contribution in [-0.4, -0.2) is 177 Å².